The van der Waals surface area contributed by atoms with E-state index in [2.05, 4.69) is 37.1 Å². The quantitative estimate of drug-likeness (QED) is 0.764. The Kier molecular flexibility index (Phi) is 6.36. The second kappa shape index (κ2) is 9.13. The van der Waals surface area contributed by atoms with Gasteiger partial charge in [-0.15, -0.1) is 0 Å². The summed E-state index contributed by atoms with van der Waals surface area (Å²) in [5.41, 5.74) is 2.58. The third-order valence-electron chi connectivity index (χ3n) is 5.77. The molecular formula is C19H30N6O3. The fourth-order valence-corrected chi connectivity index (χ4v) is 4.18. The van der Waals surface area contributed by atoms with E-state index in [1.165, 1.54) is 17.7 Å². The van der Waals surface area contributed by atoms with Crippen molar-refractivity contribution in [3.63, 3.8) is 0 Å². The van der Waals surface area contributed by atoms with E-state index in [0.29, 0.717) is 24.2 Å². The molecular weight excluding hydrogens is 360 g/mol. The van der Waals surface area contributed by atoms with E-state index >= 15 is 0 Å². The first-order chi connectivity index (χ1) is 13.7. The Labute approximate surface area is 165 Å². The van der Waals surface area contributed by atoms with E-state index in [-0.39, 0.29) is 6.04 Å². The Morgan fingerprint density at radius 2 is 2.18 bits per heavy atom. The van der Waals surface area contributed by atoms with E-state index in [0.717, 1.165) is 52.4 Å². The van der Waals surface area contributed by atoms with Gasteiger partial charge in [0.1, 0.15) is 6.61 Å². The summed E-state index contributed by atoms with van der Waals surface area (Å²) < 4.78 is 16.0. The predicted molar refractivity (Wildman–Crippen MR) is 102 cm³/mol. The van der Waals surface area contributed by atoms with Crippen LogP contribution in [0.3, 0.4) is 0 Å². The molecule has 28 heavy (non-hydrogen) atoms. The van der Waals surface area contributed by atoms with Crippen molar-refractivity contribution < 1.29 is 14.0 Å². The molecule has 4 rings (SSSR count). The van der Waals surface area contributed by atoms with Crippen LogP contribution in [0, 0.1) is 0 Å². The molecule has 2 aliphatic heterocycles. The van der Waals surface area contributed by atoms with Crippen molar-refractivity contribution in [2.75, 3.05) is 46.5 Å². The number of hydrogen-bond acceptors (Lipinski definition) is 8. The van der Waals surface area contributed by atoms with Gasteiger partial charge in [-0.3, -0.25) is 14.9 Å². The third-order valence-corrected chi connectivity index (χ3v) is 5.77. The van der Waals surface area contributed by atoms with Crippen LogP contribution in [-0.2, 0) is 22.6 Å². The summed E-state index contributed by atoms with van der Waals surface area (Å²) in [5, 5.41) is 11.6. The SMILES string of the molecule is COCc1noc(C(C)N2CCCC(c3[nH]ncc3CN3CCOCC3)C2)n1. The number of H-pyrrole nitrogens is 1. The van der Waals surface area contributed by atoms with Crippen molar-refractivity contribution in [3.05, 3.63) is 29.2 Å². The van der Waals surface area contributed by atoms with Crippen molar-refractivity contribution in [2.45, 2.75) is 44.9 Å². The largest absolute Gasteiger partial charge is 0.379 e. The first kappa shape index (κ1) is 19.5. The molecule has 4 heterocycles. The smallest absolute Gasteiger partial charge is 0.243 e. The van der Waals surface area contributed by atoms with Crippen molar-refractivity contribution in [3.8, 4) is 0 Å². The number of morpholine rings is 1. The van der Waals surface area contributed by atoms with Crippen LogP contribution in [0.25, 0.3) is 0 Å². The highest BCUT2D eigenvalue weighted by molar-refractivity contribution is 5.22. The normalized spacial score (nSPS) is 23.1. The van der Waals surface area contributed by atoms with E-state index < -0.39 is 0 Å². The first-order valence-electron chi connectivity index (χ1n) is 10.1. The van der Waals surface area contributed by atoms with E-state index in [9.17, 15) is 0 Å². The third kappa shape index (κ3) is 4.43. The number of likely N-dealkylation sites (tertiary alicyclic amines) is 1. The maximum atomic E-state index is 5.47. The van der Waals surface area contributed by atoms with Gasteiger partial charge in [0.25, 0.3) is 0 Å². The second-order valence-corrected chi connectivity index (χ2v) is 7.69. The lowest BCUT2D eigenvalue weighted by Gasteiger charge is -2.35. The molecule has 9 nitrogen and oxygen atoms in total. The highest BCUT2D eigenvalue weighted by Crippen LogP contribution is 2.32. The van der Waals surface area contributed by atoms with Crippen LogP contribution in [0.15, 0.2) is 10.7 Å². The summed E-state index contributed by atoms with van der Waals surface area (Å²) in [6.45, 7) is 9.04. The molecule has 154 valence electrons. The fourth-order valence-electron chi connectivity index (χ4n) is 4.18. The van der Waals surface area contributed by atoms with Gasteiger partial charge in [0.2, 0.25) is 5.89 Å². The zero-order chi connectivity index (χ0) is 19.3. The average Bonchev–Trinajstić information content (AvgIpc) is 3.38. The highest BCUT2D eigenvalue weighted by atomic mass is 16.5. The molecule has 0 aromatic carbocycles. The zero-order valence-corrected chi connectivity index (χ0v) is 16.8. The van der Waals surface area contributed by atoms with Crippen LogP contribution >= 0.6 is 0 Å². The number of hydrogen-bond donors (Lipinski definition) is 1. The molecule has 2 atom stereocenters. The predicted octanol–water partition coefficient (Wildman–Crippen LogP) is 1.71. The lowest BCUT2D eigenvalue weighted by atomic mass is 9.91. The molecule has 1 N–H and O–H groups in total. The second-order valence-electron chi connectivity index (χ2n) is 7.69. The van der Waals surface area contributed by atoms with Crippen LogP contribution in [0.5, 0.6) is 0 Å². The van der Waals surface area contributed by atoms with E-state index in [1.54, 1.807) is 7.11 Å². The summed E-state index contributed by atoms with van der Waals surface area (Å²) in [5.74, 6) is 1.70. The van der Waals surface area contributed by atoms with Gasteiger partial charge in [0.05, 0.1) is 25.5 Å². The number of rotatable bonds is 7. The molecule has 2 saturated heterocycles. The minimum Gasteiger partial charge on any atom is -0.379 e. The molecule has 2 aromatic heterocycles. The maximum Gasteiger partial charge on any atom is 0.243 e. The highest BCUT2D eigenvalue weighted by Gasteiger charge is 2.30. The van der Waals surface area contributed by atoms with Crippen molar-refractivity contribution in [2.24, 2.45) is 0 Å². The van der Waals surface area contributed by atoms with E-state index in [4.69, 9.17) is 14.0 Å². The number of methoxy groups -OCH3 is 1. The number of aromatic nitrogens is 4. The molecule has 2 unspecified atom stereocenters. The van der Waals surface area contributed by atoms with Gasteiger partial charge in [-0.1, -0.05) is 5.16 Å². The molecule has 0 bridgehead atoms. The van der Waals surface area contributed by atoms with Gasteiger partial charge in [-0.2, -0.15) is 10.1 Å². The molecule has 0 radical (unpaired) electrons. The molecule has 0 spiro atoms. The van der Waals surface area contributed by atoms with Crippen LogP contribution in [-0.4, -0.2) is 76.6 Å². The van der Waals surface area contributed by atoms with Gasteiger partial charge in [0.15, 0.2) is 5.82 Å². The van der Waals surface area contributed by atoms with Gasteiger partial charge in [0, 0.05) is 50.5 Å². The lowest BCUT2D eigenvalue weighted by Crippen LogP contribution is -2.38. The maximum absolute atomic E-state index is 5.47. The van der Waals surface area contributed by atoms with Gasteiger partial charge >= 0.3 is 0 Å². The van der Waals surface area contributed by atoms with Crippen LogP contribution < -0.4 is 0 Å². The summed E-state index contributed by atoms with van der Waals surface area (Å²) in [6.07, 6.45) is 4.30. The van der Waals surface area contributed by atoms with Gasteiger partial charge < -0.3 is 14.0 Å². The molecule has 0 saturated carbocycles. The van der Waals surface area contributed by atoms with Crippen molar-refractivity contribution >= 4 is 0 Å². The Balaban J connectivity index is 1.41. The minimum atomic E-state index is 0.0894. The lowest BCUT2D eigenvalue weighted by molar-refractivity contribution is 0.0339. The summed E-state index contributed by atoms with van der Waals surface area (Å²) in [7, 11) is 1.63. The molecule has 2 aromatic rings. The van der Waals surface area contributed by atoms with Gasteiger partial charge in [-0.05, 0) is 26.3 Å². The molecule has 9 heteroatoms. The first-order valence-corrected chi connectivity index (χ1v) is 10.1. The Bertz CT molecular complexity index is 742. The fraction of sp³-hybridized carbons (Fsp3) is 0.737. The number of ether oxygens (including phenoxy) is 2. The summed E-state index contributed by atoms with van der Waals surface area (Å²) >= 11 is 0. The van der Waals surface area contributed by atoms with Crippen molar-refractivity contribution in [1.82, 2.24) is 30.1 Å². The van der Waals surface area contributed by atoms with Crippen LogP contribution in [0.2, 0.25) is 0 Å². The number of piperidine rings is 1. The monoisotopic (exact) mass is 390 g/mol. The Morgan fingerprint density at radius 1 is 1.32 bits per heavy atom. The molecule has 0 aliphatic carbocycles. The minimum absolute atomic E-state index is 0.0894. The number of nitrogens with one attached hydrogen (secondary N) is 1. The van der Waals surface area contributed by atoms with Crippen molar-refractivity contribution in [1.29, 1.82) is 0 Å². The zero-order valence-electron chi connectivity index (χ0n) is 16.8. The number of nitrogens with zero attached hydrogens (tertiary/aromatic N) is 5. The van der Waals surface area contributed by atoms with Crippen LogP contribution in [0.1, 0.15) is 54.7 Å². The topological polar surface area (TPSA) is 92.5 Å². The average molecular weight is 390 g/mol. The summed E-state index contributed by atoms with van der Waals surface area (Å²) in [6, 6.07) is 0.0894. The molecule has 2 fully saturated rings. The molecule has 0 amide bonds. The Morgan fingerprint density at radius 3 is 3.00 bits per heavy atom. The Hall–Kier alpha value is -1.81. The number of aromatic amines is 1. The summed E-state index contributed by atoms with van der Waals surface area (Å²) in [4.78, 5) is 9.34. The van der Waals surface area contributed by atoms with Crippen LogP contribution in [0.4, 0.5) is 0 Å². The standard InChI is InChI=1S/C19H30N6O3/c1-14(19-21-17(13-26-2)23-28-19)25-5-3-4-15(12-25)18-16(10-20-22-18)11-24-6-8-27-9-7-24/h10,14-15H,3-9,11-13H2,1-2H3,(H,20,22). The van der Waals surface area contributed by atoms with Gasteiger partial charge in [-0.25, -0.2) is 0 Å². The molecule has 2 aliphatic rings. The van der Waals surface area contributed by atoms with E-state index in [1.807, 2.05) is 6.20 Å².